The summed E-state index contributed by atoms with van der Waals surface area (Å²) in [6.45, 7) is 5.78. The number of hydrogen-bond acceptors (Lipinski definition) is 6. The van der Waals surface area contributed by atoms with Crippen molar-refractivity contribution in [2.75, 3.05) is 51.3 Å². The lowest BCUT2D eigenvalue weighted by Crippen LogP contribution is -2.48. The second kappa shape index (κ2) is 7.39. The number of rotatable bonds is 3. The van der Waals surface area contributed by atoms with Crippen molar-refractivity contribution in [2.24, 2.45) is 11.3 Å². The smallest absolute Gasteiger partial charge is 0.228 e. The maximum absolute atomic E-state index is 12.9. The van der Waals surface area contributed by atoms with Crippen molar-refractivity contribution < 1.29 is 9.53 Å². The monoisotopic (exact) mass is 359 g/mol. The van der Waals surface area contributed by atoms with Gasteiger partial charge >= 0.3 is 0 Å². The van der Waals surface area contributed by atoms with E-state index in [0.29, 0.717) is 23.2 Å². The number of hydrogen-bond donors (Lipinski definition) is 1. The molecule has 0 aromatic carbocycles. The molecule has 3 fully saturated rings. The van der Waals surface area contributed by atoms with Gasteiger partial charge in [0, 0.05) is 50.9 Å². The number of carbonyl (C=O) groups is 1. The quantitative estimate of drug-likeness (QED) is 0.877. The van der Waals surface area contributed by atoms with Crippen LogP contribution in [0.3, 0.4) is 0 Å². The molecule has 26 heavy (non-hydrogen) atoms. The average molecular weight is 359 g/mol. The van der Waals surface area contributed by atoms with Crippen LogP contribution in [0, 0.1) is 11.3 Å². The van der Waals surface area contributed by atoms with Gasteiger partial charge in [-0.25, -0.2) is 4.98 Å². The molecule has 142 valence electrons. The molecular formula is C19H29N5O2. The molecule has 3 aliphatic heterocycles. The van der Waals surface area contributed by atoms with E-state index in [1.165, 1.54) is 6.42 Å². The Hall–Kier alpha value is -1.89. The van der Waals surface area contributed by atoms with E-state index < -0.39 is 0 Å². The zero-order chi connectivity index (χ0) is 18.0. The molecule has 7 heteroatoms. The van der Waals surface area contributed by atoms with Crippen LogP contribution >= 0.6 is 0 Å². The fraction of sp³-hybridized carbons (Fsp3) is 0.737. The highest BCUT2D eigenvalue weighted by atomic mass is 16.5. The Morgan fingerprint density at radius 2 is 2.00 bits per heavy atom. The number of aromatic nitrogens is 2. The highest BCUT2D eigenvalue weighted by molar-refractivity contribution is 5.79. The van der Waals surface area contributed by atoms with E-state index in [1.807, 2.05) is 0 Å². The van der Waals surface area contributed by atoms with Gasteiger partial charge in [-0.2, -0.15) is 4.98 Å². The lowest BCUT2D eigenvalue weighted by Gasteiger charge is -2.41. The number of methoxy groups -OCH3 is 1. The molecule has 0 saturated carbocycles. The largest absolute Gasteiger partial charge is 0.481 e. The van der Waals surface area contributed by atoms with Crippen molar-refractivity contribution in [1.82, 2.24) is 20.2 Å². The maximum atomic E-state index is 12.9. The van der Waals surface area contributed by atoms with Crippen LogP contribution < -0.4 is 15.0 Å². The molecule has 0 bridgehead atoms. The number of anilines is 1. The van der Waals surface area contributed by atoms with Gasteiger partial charge in [0.25, 0.3) is 0 Å². The number of amides is 1. The van der Waals surface area contributed by atoms with Gasteiger partial charge in [-0.3, -0.25) is 4.79 Å². The van der Waals surface area contributed by atoms with Crippen molar-refractivity contribution in [2.45, 2.75) is 32.1 Å². The molecule has 0 radical (unpaired) electrons. The van der Waals surface area contributed by atoms with Crippen LogP contribution in [0.2, 0.25) is 0 Å². The molecule has 0 unspecified atom stereocenters. The van der Waals surface area contributed by atoms with Crippen LogP contribution in [0.1, 0.15) is 32.1 Å². The second-order valence-electron chi connectivity index (χ2n) is 7.91. The van der Waals surface area contributed by atoms with Crippen molar-refractivity contribution in [3.8, 4) is 5.88 Å². The Labute approximate surface area is 155 Å². The molecule has 3 saturated heterocycles. The van der Waals surface area contributed by atoms with Gasteiger partial charge in [0.1, 0.15) is 0 Å². The molecule has 0 aliphatic carbocycles. The van der Waals surface area contributed by atoms with Crippen LogP contribution in [-0.4, -0.2) is 67.2 Å². The SMILES string of the molecule is COc1ccnc(N2CCC(C(=O)N3CCC4(CCNC4)CC3)CC2)n1. The molecule has 1 aromatic rings. The standard InChI is InChI=1S/C19H29N5O2/c1-26-16-2-8-21-18(22-16)24-10-3-15(4-11-24)17(25)23-12-6-19(7-13-23)5-9-20-14-19/h2,8,15,20H,3-7,9-14H2,1H3. The number of piperidine rings is 2. The fourth-order valence-electron chi connectivity index (χ4n) is 4.61. The van der Waals surface area contributed by atoms with Gasteiger partial charge in [-0.1, -0.05) is 0 Å². The second-order valence-corrected chi connectivity index (χ2v) is 7.91. The summed E-state index contributed by atoms with van der Waals surface area (Å²) in [5.74, 6) is 1.78. The Morgan fingerprint density at radius 1 is 1.23 bits per heavy atom. The highest BCUT2D eigenvalue weighted by Crippen LogP contribution is 2.37. The molecule has 1 aromatic heterocycles. The van der Waals surface area contributed by atoms with E-state index in [4.69, 9.17) is 4.74 Å². The maximum Gasteiger partial charge on any atom is 0.228 e. The van der Waals surface area contributed by atoms with Gasteiger partial charge in [-0.05, 0) is 44.1 Å². The predicted molar refractivity (Wildman–Crippen MR) is 99.3 cm³/mol. The van der Waals surface area contributed by atoms with Gasteiger partial charge in [0.2, 0.25) is 17.7 Å². The summed E-state index contributed by atoms with van der Waals surface area (Å²) in [5, 5.41) is 3.49. The van der Waals surface area contributed by atoms with E-state index in [2.05, 4.69) is 25.1 Å². The van der Waals surface area contributed by atoms with Gasteiger partial charge in [0.05, 0.1) is 7.11 Å². The fourth-order valence-corrected chi connectivity index (χ4v) is 4.61. The third kappa shape index (κ3) is 3.49. The van der Waals surface area contributed by atoms with Crippen LogP contribution in [0.5, 0.6) is 5.88 Å². The number of ether oxygens (including phenoxy) is 1. The summed E-state index contributed by atoms with van der Waals surface area (Å²) in [6, 6.07) is 1.75. The Kier molecular flexibility index (Phi) is 4.98. The first-order valence-electron chi connectivity index (χ1n) is 9.81. The summed E-state index contributed by atoms with van der Waals surface area (Å²) >= 11 is 0. The molecular weight excluding hydrogens is 330 g/mol. The van der Waals surface area contributed by atoms with Crippen molar-refractivity contribution in [3.63, 3.8) is 0 Å². The average Bonchev–Trinajstić information content (AvgIpc) is 3.16. The van der Waals surface area contributed by atoms with Gasteiger partial charge < -0.3 is 19.9 Å². The normalized spacial score (nSPS) is 23.4. The molecule has 3 aliphatic rings. The molecule has 0 atom stereocenters. The first-order chi connectivity index (χ1) is 12.7. The Balaban J connectivity index is 1.29. The first kappa shape index (κ1) is 17.5. The predicted octanol–water partition coefficient (Wildman–Crippen LogP) is 1.30. The minimum absolute atomic E-state index is 0.146. The minimum atomic E-state index is 0.146. The van der Waals surface area contributed by atoms with Crippen LogP contribution in [0.15, 0.2) is 12.3 Å². The topological polar surface area (TPSA) is 70.6 Å². The van der Waals surface area contributed by atoms with Crippen LogP contribution in [0.4, 0.5) is 5.95 Å². The summed E-state index contributed by atoms with van der Waals surface area (Å²) < 4.78 is 5.18. The Morgan fingerprint density at radius 3 is 2.65 bits per heavy atom. The summed E-state index contributed by atoms with van der Waals surface area (Å²) in [7, 11) is 1.61. The lowest BCUT2D eigenvalue weighted by atomic mass is 9.77. The summed E-state index contributed by atoms with van der Waals surface area (Å²) in [4.78, 5) is 26.0. The van der Waals surface area contributed by atoms with Gasteiger partial charge in [-0.15, -0.1) is 0 Å². The number of nitrogens with zero attached hydrogens (tertiary/aromatic N) is 4. The van der Waals surface area contributed by atoms with E-state index in [-0.39, 0.29) is 5.92 Å². The summed E-state index contributed by atoms with van der Waals surface area (Å²) in [5.41, 5.74) is 0.462. The number of carbonyl (C=O) groups excluding carboxylic acids is 1. The van der Waals surface area contributed by atoms with E-state index in [9.17, 15) is 4.79 Å². The van der Waals surface area contributed by atoms with Crippen LogP contribution in [0.25, 0.3) is 0 Å². The van der Waals surface area contributed by atoms with E-state index in [0.717, 1.165) is 65.0 Å². The molecule has 1 spiro atoms. The van der Waals surface area contributed by atoms with E-state index in [1.54, 1.807) is 19.4 Å². The molecule has 4 rings (SSSR count). The van der Waals surface area contributed by atoms with Crippen molar-refractivity contribution >= 4 is 11.9 Å². The van der Waals surface area contributed by atoms with Crippen molar-refractivity contribution in [3.05, 3.63) is 12.3 Å². The third-order valence-corrected chi connectivity index (χ3v) is 6.42. The van der Waals surface area contributed by atoms with Crippen LogP contribution in [-0.2, 0) is 4.79 Å². The number of nitrogens with one attached hydrogen (secondary N) is 1. The lowest BCUT2D eigenvalue weighted by molar-refractivity contribution is -0.138. The highest BCUT2D eigenvalue weighted by Gasteiger charge is 2.39. The first-order valence-corrected chi connectivity index (χ1v) is 9.81. The molecule has 7 nitrogen and oxygen atoms in total. The summed E-state index contributed by atoms with van der Waals surface area (Å²) in [6.07, 6.45) is 7.06. The van der Waals surface area contributed by atoms with Gasteiger partial charge in [0.15, 0.2) is 0 Å². The Bertz CT molecular complexity index is 629. The molecule has 1 amide bonds. The zero-order valence-corrected chi connectivity index (χ0v) is 15.6. The zero-order valence-electron chi connectivity index (χ0n) is 15.6. The number of likely N-dealkylation sites (tertiary alicyclic amines) is 1. The van der Waals surface area contributed by atoms with Crippen molar-refractivity contribution in [1.29, 1.82) is 0 Å². The molecule has 1 N–H and O–H groups in total. The minimum Gasteiger partial charge on any atom is -0.481 e. The molecule has 4 heterocycles. The third-order valence-electron chi connectivity index (χ3n) is 6.42. The van der Waals surface area contributed by atoms with E-state index >= 15 is 0 Å².